The molecule has 18 heavy (non-hydrogen) atoms. The van der Waals surface area contributed by atoms with Crippen molar-refractivity contribution in [3.05, 3.63) is 39.2 Å². The quantitative estimate of drug-likeness (QED) is 0.630. The molecule has 0 saturated carbocycles. The highest BCUT2D eigenvalue weighted by atomic mass is 16.6. The van der Waals surface area contributed by atoms with Crippen molar-refractivity contribution in [3.63, 3.8) is 0 Å². The van der Waals surface area contributed by atoms with E-state index in [-0.39, 0.29) is 12.2 Å². The Bertz CT molecular complexity index is 606. The monoisotopic (exact) mass is 248 g/mol. The van der Waals surface area contributed by atoms with Crippen LogP contribution < -0.4 is 5.73 Å². The largest absolute Gasteiger partial charge is 0.324 e. The van der Waals surface area contributed by atoms with Gasteiger partial charge in [0.1, 0.15) is 0 Å². The maximum atomic E-state index is 10.8. The summed E-state index contributed by atoms with van der Waals surface area (Å²) in [7, 11) is 0. The Balaban J connectivity index is 2.60. The zero-order chi connectivity index (χ0) is 13.3. The number of aryl methyl sites for hydroxylation is 2. The van der Waals surface area contributed by atoms with Crippen molar-refractivity contribution < 1.29 is 4.92 Å². The fraction of sp³-hybridized carbons (Fsp3) is 0.300. The highest BCUT2D eigenvalue weighted by Gasteiger charge is 2.16. The molecule has 1 aromatic heterocycles. The summed E-state index contributed by atoms with van der Waals surface area (Å²) >= 11 is 0. The molecule has 0 unspecified atom stereocenters. The Morgan fingerprint density at radius 1 is 1.39 bits per heavy atom. The number of hydrogen-bond donors (Lipinski definition) is 1. The van der Waals surface area contributed by atoms with E-state index in [9.17, 15) is 10.1 Å². The molecule has 2 aromatic rings. The lowest BCUT2D eigenvalue weighted by molar-refractivity contribution is -0.385. The van der Waals surface area contributed by atoms with Crippen molar-refractivity contribution >= 4 is 5.69 Å². The first-order valence-corrected chi connectivity index (χ1v) is 5.28. The molecule has 0 aliphatic carbocycles. The van der Waals surface area contributed by atoms with Crippen LogP contribution in [0.25, 0.3) is 5.69 Å². The van der Waals surface area contributed by atoms with Crippen LogP contribution in [0, 0.1) is 24.0 Å². The van der Waals surface area contributed by atoms with Gasteiger partial charge >= 0.3 is 0 Å². The first-order valence-electron chi connectivity index (χ1n) is 5.28. The van der Waals surface area contributed by atoms with Gasteiger partial charge in [-0.15, -0.1) is 5.10 Å². The summed E-state index contributed by atoms with van der Waals surface area (Å²) in [5.74, 6) is 0.506. The molecule has 0 atom stereocenters. The Kier molecular flexibility index (Phi) is 3.02. The Morgan fingerprint density at radius 3 is 2.72 bits per heavy atom. The standard InChI is InChI=1S/C10H12N6O2/c1-6-4-9(16(17)18)7(2)3-8(6)15-10(5-11)12-13-14-15/h3-4H,5,11H2,1-2H3. The molecule has 8 heteroatoms. The predicted octanol–water partition coefficient (Wildman–Crippen LogP) is 0.646. The van der Waals surface area contributed by atoms with Gasteiger partial charge in [-0.3, -0.25) is 10.1 Å². The van der Waals surface area contributed by atoms with E-state index in [1.165, 1.54) is 10.7 Å². The fourth-order valence-electron chi connectivity index (χ4n) is 1.73. The third-order valence-corrected chi connectivity index (χ3v) is 2.66. The molecule has 2 N–H and O–H groups in total. The molecule has 2 rings (SSSR count). The number of aromatic nitrogens is 4. The van der Waals surface area contributed by atoms with Crippen molar-refractivity contribution in [1.82, 2.24) is 20.2 Å². The zero-order valence-electron chi connectivity index (χ0n) is 9.99. The van der Waals surface area contributed by atoms with Gasteiger partial charge in [0, 0.05) is 11.6 Å². The Hall–Kier alpha value is -2.35. The minimum absolute atomic E-state index is 0.0821. The molecule has 0 amide bonds. The predicted molar refractivity (Wildman–Crippen MR) is 63.2 cm³/mol. The normalized spacial score (nSPS) is 10.6. The van der Waals surface area contributed by atoms with Crippen molar-refractivity contribution in [3.8, 4) is 5.69 Å². The van der Waals surface area contributed by atoms with E-state index in [4.69, 9.17) is 5.73 Å². The van der Waals surface area contributed by atoms with Crippen LogP contribution in [-0.4, -0.2) is 25.1 Å². The lowest BCUT2D eigenvalue weighted by atomic mass is 10.1. The lowest BCUT2D eigenvalue weighted by Gasteiger charge is -2.08. The summed E-state index contributed by atoms with van der Waals surface area (Å²) in [6.07, 6.45) is 0. The summed E-state index contributed by atoms with van der Waals surface area (Å²) < 4.78 is 1.49. The van der Waals surface area contributed by atoms with Crippen LogP contribution >= 0.6 is 0 Å². The number of benzene rings is 1. The SMILES string of the molecule is Cc1cc([N+](=O)[O-])c(C)cc1-n1nnnc1CN. The molecule has 1 aromatic carbocycles. The minimum Gasteiger partial charge on any atom is -0.324 e. The third kappa shape index (κ3) is 1.93. The number of nitro groups is 1. The average Bonchev–Trinajstić information content (AvgIpc) is 2.79. The van der Waals surface area contributed by atoms with Crippen LogP contribution in [0.5, 0.6) is 0 Å². The van der Waals surface area contributed by atoms with Crippen LogP contribution in [0.4, 0.5) is 5.69 Å². The number of nitrogens with zero attached hydrogens (tertiary/aromatic N) is 5. The summed E-state index contributed by atoms with van der Waals surface area (Å²) in [4.78, 5) is 10.4. The van der Waals surface area contributed by atoms with E-state index >= 15 is 0 Å². The molecule has 0 aliphatic heterocycles. The van der Waals surface area contributed by atoms with Gasteiger partial charge in [-0.1, -0.05) is 0 Å². The molecular weight excluding hydrogens is 236 g/mol. The molecule has 1 heterocycles. The molecule has 0 radical (unpaired) electrons. The summed E-state index contributed by atoms with van der Waals surface area (Å²) in [6.45, 7) is 3.64. The van der Waals surface area contributed by atoms with Crippen LogP contribution in [-0.2, 0) is 6.54 Å². The molecule has 0 bridgehead atoms. The maximum Gasteiger partial charge on any atom is 0.272 e. The van der Waals surface area contributed by atoms with Gasteiger partial charge in [0.05, 0.1) is 17.2 Å². The van der Waals surface area contributed by atoms with Crippen LogP contribution in [0.1, 0.15) is 17.0 Å². The topological polar surface area (TPSA) is 113 Å². The number of tetrazole rings is 1. The third-order valence-electron chi connectivity index (χ3n) is 2.66. The molecular formula is C10H12N6O2. The van der Waals surface area contributed by atoms with Gasteiger partial charge in [-0.25, -0.2) is 0 Å². The summed E-state index contributed by atoms with van der Waals surface area (Å²) in [6, 6.07) is 3.19. The van der Waals surface area contributed by atoms with Gasteiger partial charge < -0.3 is 5.73 Å². The Morgan fingerprint density at radius 2 is 2.11 bits per heavy atom. The molecule has 94 valence electrons. The maximum absolute atomic E-state index is 10.8. The highest BCUT2D eigenvalue weighted by molar-refractivity contribution is 5.52. The van der Waals surface area contributed by atoms with E-state index in [0.29, 0.717) is 22.6 Å². The second-order valence-electron chi connectivity index (χ2n) is 3.89. The number of nitrogens with two attached hydrogens (primary N) is 1. The van der Waals surface area contributed by atoms with Crippen molar-refractivity contribution in [2.45, 2.75) is 20.4 Å². The van der Waals surface area contributed by atoms with Crippen LogP contribution in [0.2, 0.25) is 0 Å². The lowest BCUT2D eigenvalue weighted by Crippen LogP contribution is -2.10. The summed E-state index contributed by atoms with van der Waals surface area (Å²) in [5, 5.41) is 22.0. The second kappa shape index (κ2) is 4.49. The van der Waals surface area contributed by atoms with Gasteiger partial charge in [-0.2, -0.15) is 4.68 Å². The van der Waals surface area contributed by atoms with Crippen molar-refractivity contribution in [1.29, 1.82) is 0 Å². The molecule has 0 fully saturated rings. The van der Waals surface area contributed by atoms with E-state index in [2.05, 4.69) is 15.5 Å². The van der Waals surface area contributed by atoms with Crippen LogP contribution in [0.15, 0.2) is 12.1 Å². The summed E-state index contributed by atoms with van der Waals surface area (Å²) in [5.41, 5.74) is 7.58. The fourth-order valence-corrected chi connectivity index (χ4v) is 1.73. The van der Waals surface area contributed by atoms with Gasteiger partial charge in [-0.05, 0) is 35.9 Å². The van der Waals surface area contributed by atoms with Crippen LogP contribution in [0.3, 0.4) is 0 Å². The first-order chi connectivity index (χ1) is 8.54. The molecule has 0 aliphatic rings. The molecule has 0 spiro atoms. The average molecular weight is 248 g/mol. The number of rotatable bonds is 3. The van der Waals surface area contributed by atoms with E-state index in [0.717, 1.165) is 0 Å². The number of nitro benzene ring substituents is 1. The van der Waals surface area contributed by atoms with Gasteiger partial charge in [0.2, 0.25) is 0 Å². The smallest absolute Gasteiger partial charge is 0.272 e. The minimum atomic E-state index is -0.407. The number of hydrogen-bond acceptors (Lipinski definition) is 6. The highest BCUT2D eigenvalue weighted by Crippen LogP contribution is 2.24. The van der Waals surface area contributed by atoms with E-state index in [1.807, 2.05) is 0 Å². The van der Waals surface area contributed by atoms with Crippen molar-refractivity contribution in [2.75, 3.05) is 0 Å². The van der Waals surface area contributed by atoms with Gasteiger partial charge in [0.25, 0.3) is 5.69 Å². The zero-order valence-corrected chi connectivity index (χ0v) is 9.99. The first kappa shape index (κ1) is 12.1. The second-order valence-corrected chi connectivity index (χ2v) is 3.89. The molecule has 8 nitrogen and oxygen atoms in total. The van der Waals surface area contributed by atoms with E-state index < -0.39 is 4.92 Å². The Labute approximate surface area is 103 Å². The van der Waals surface area contributed by atoms with Gasteiger partial charge in [0.15, 0.2) is 5.82 Å². The molecule has 0 saturated heterocycles. The van der Waals surface area contributed by atoms with Crippen molar-refractivity contribution in [2.24, 2.45) is 5.73 Å². The van der Waals surface area contributed by atoms with E-state index in [1.54, 1.807) is 19.9 Å².